The van der Waals surface area contributed by atoms with Gasteiger partial charge in [-0.3, -0.25) is 4.79 Å². The summed E-state index contributed by atoms with van der Waals surface area (Å²) in [6.07, 6.45) is 21.6. The minimum absolute atomic E-state index is 0.0406. The average molecular weight is 414 g/mol. The fourth-order valence-electron chi connectivity index (χ4n) is 3.83. The van der Waals surface area contributed by atoms with Gasteiger partial charge in [-0.25, -0.2) is 0 Å². The molecule has 0 aliphatic rings. The van der Waals surface area contributed by atoms with Crippen molar-refractivity contribution in [3.63, 3.8) is 0 Å². The maximum absolute atomic E-state index is 12.1. The van der Waals surface area contributed by atoms with Gasteiger partial charge in [-0.15, -0.1) is 0 Å². The monoisotopic (exact) mass is 413 g/mol. The van der Waals surface area contributed by atoms with Gasteiger partial charge in [0.05, 0.1) is 18.8 Å². The van der Waals surface area contributed by atoms with Crippen LogP contribution >= 0.6 is 0 Å². The first-order valence-corrected chi connectivity index (χ1v) is 12.7. The lowest BCUT2D eigenvalue weighted by Crippen LogP contribution is -2.45. The number of unbranched alkanes of at least 4 members (excludes halogenated alkanes) is 15. The van der Waals surface area contributed by atoms with E-state index in [4.69, 9.17) is 0 Å². The lowest BCUT2D eigenvalue weighted by Gasteiger charge is -2.22. The minimum atomic E-state index is -0.646. The molecule has 0 bridgehead atoms. The highest BCUT2D eigenvalue weighted by Gasteiger charge is 2.19. The van der Waals surface area contributed by atoms with Crippen molar-refractivity contribution in [3.8, 4) is 0 Å². The molecule has 0 aromatic carbocycles. The van der Waals surface area contributed by atoms with Gasteiger partial charge in [-0.1, -0.05) is 117 Å². The largest absolute Gasteiger partial charge is 0.394 e. The maximum atomic E-state index is 12.1. The van der Waals surface area contributed by atoms with Crippen molar-refractivity contribution in [2.24, 2.45) is 0 Å². The molecule has 0 saturated carbocycles. The van der Waals surface area contributed by atoms with E-state index in [2.05, 4.69) is 19.2 Å². The van der Waals surface area contributed by atoms with Crippen LogP contribution in [-0.4, -0.2) is 34.9 Å². The van der Waals surface area contributed by atoms with Crippen LogP contribution in [-0.2, 0) is 4.79 Å². The van der Waals surface area contributed by atoms with Gasteiger partial charge < -0.3 is 15.5 Å². The van der Waals surface area contributed by atoms with Crippen molar-refractivity contribution in [3.05, 3.63) is 0 Å². The van der Waals surface area contributed by atoms with E-state index in [-0.39, 0.29) is 12.5 Å². The zero-order valence-electron chi connectivity index (χ0n) is 19.6. The summed E-state index contributed by atoms with van der Waals surface area (Å²) in [5.41, 5.74) is 0. The van der Waals surface area contributed by atoms with Crippen LogP contribution in [0, 0.1) is 0 Å². The summed E-state index contributed by atoms with van der Waals surface area (Å²) in [7, 11) is 0. The molecule has 0 rings (SSSR count). The van der Waals surface area contributed by atoms with E-state index in [9.17, 15) is 15.0 Å². The lowest BCUT2D eigenvalue weighted by molar-refractivity contribution is -0.123. The van der Waals surface area contributed by atoms with E-state index in [0.29, 0.717) is 12.8 Å². The highest BCUT2D eigenvalue weighted by atomic mass is 16.3. The molecule has 2 unspecified atom stereocenters. The van der Waals surface area contributed by atoms with Gasteiger partial charge in [0.2, 0.25) is 5.91 Å². The molecule has 29 heavy (non-hydrogen) atoms. The van der Waals surface area contributed by atoms with Gasteiger partial charge in [0, 0.05) is 6.42 Å². The Morgan fingerprint density at radius 2 is 1.10 bits per heavy atom. The van der Waals surface area contributed by atoms with Crippen molar-refractivity contribution >= 4 is 5.91 Å². The molecule has 174 valence electrons. The fourth-order valence-corrected chi connectivity index (χ4v) is 3.83. The van der Waals surface area contributed by atoms with Crippen LogP contribution in [0.2, 0.25) is 0 Å². The average Bonchev–Trinajstić information content (AvgIpc) is 2.72. The second kappa shape index (κ2) is 22.1. The number of aliphatic hydroxyl groups is 2. The smallest absolute Gasteiger partial charge is 0.220 e. The Bertz CT molecular complexity index is 349. The van der Waals surface area contributed by atoms with Crippen LogP contribution < -0.4 is 5.32 Å². The Kier molecular flexibility index (Phi) is 21.6. The number of nitrogens with one attached hydrogen (secondary N) is 1. The first-order chi connectivity index (χ1) is 14.2. The maximum Gasteiger partial charge on any atom is 0.220 e. The third kappa shape index (κ3) is 19.1. The fraction of sp³-hybridized carbons (Fsp3) is 0.960. The molecule has 0 aromatic rings. The predicted molar refractivity (Wildman–Crippen MR) is 124 cm³/mol. The second-order valence-corrected chi connectivity index (χ2v) is 8.77. The summed E-state index contributed by atoms with van der Waals surface area (Å²) in [5.74, 6) is -0.0406. The zero-order chi connectivity index (χ0) is 21.6. The summed E-state index contributed by atoms with van der Waals surface area (Å²) in [6.45, 7) is 4.25. The van der Waals surface area contributed by atoms with Gasteiger partial charge in [-0.2, -0.15) is 0 Å². The number of rotatable bonds is 22. The number of aliphatic hydroxyl groups excluding tert-OH is 2. The molecule has 4 heteroatoms. The molecule has 0 aromatic heterocycles. The van der Waals surface area contributed by atoms with E-state index < -0.39 is 12.1 Å². The first kappa shape index (κ1) is 28.4. The van der Waals surface area contributed by atoms with Crippen LogP contribution in [0.25, 0.3) is 0 Å². The topological polar surface area (TPSA) is 69.6 Å². The Balaban J connectivity index is 3.58. The summed E-state index contributed by atoms with van der Waals surface area (Å²) >= 11 is 0. The third-order valence-electron chi connectivity index (χ3n) is 5.87. The number of amides is 1. The molecule has 0 radical (unpaired) electrons. The van der Waals surface area contributed by atoms with Crippen molar-refractivity contribution in [1.29, 1.82) is 0 Å². The predicted octanol–water partition coefficient (Wildman–Crippen LogP) is 6.28. The zero-order valence-corrected chi connectivity index (χ0v) is 19.6. The van der Waals surface area contributed by atoms with Crippen LogP contribution in [0.5, 0.6) is 0 Å². The molecular formula is C25H51NO3. The van der Waals surface area contributed by atoms with Crippen LogP contribution in [0.4, 0.5) is 0 Å². The van der Waals surface area contributed by atoms with Crippen molar-refractivity contribution in [2.75, 3.05) is 6.61 Å². The third-order valence-corrected chi connectivity index (χ3v) is 5.87. The van der Waals surface area contributed by atoms with Crippen LogP contribution in [0.15, 0.2) is 0 Å². The van der Waals surface area contributed by atoms with Crippen molar-refractivity contribution in [1.82, 2.24) is 5.32 Å². The minimum Gasteiger partial charge on any atom is -0.394 e. The standard InChI is InChI=1S/C25H51NO3/c1-3-5-7-9-10-11-12-13-14-15-17-19-21-25(29)26-23(22-27)24(28)20-18-16-8-6-4-2/h23-24,27-28H,3-22H2,1-2H3,(H,26,29). The van der Waals surface area contributed by atoms with Crippen molar-refractivity contribution < 1.29 is 15.0 Å². The number of carbonyl (C=O) groups excluding carboxylic acids is 1. The van der Waals surface area contributed by atoms with Gasteiger partial charge in [0.15, 0.2) is 0 Å². The van der Waals surface area contributed by atoms with E-state index in [0.717, 1.165) is 25.7 Å². The van der Waals surface area contributed by atoms with E-state index in [1.54, 1.807) is 0 Å². The molecule has 0 fully saturated rings. The van der Waals surface area contributed by atoms with Gasteiger partial charge in [0.25, 0.3) is 0 Å². The summed E-state index contributed by atoms with van der Waals surface area (Å²) < 4.78 is 0. The SMILES string of the molecule is CCCCCCCCCCCCCCC(=O)NC(CO)C(O)CCCCCCC. The molecule has 2 atom stereocenters. The Morgan fingerprint density at radius 3 is 1.55 bits per heavy atom. The highest BCUT2D eigenvalue weighted by molar-refractivity contribution is 5.76. The molecule has 0 saturated heterocycles. The molecular weight excluding hydrogens is 362 g/mol. The van der Waals surface area contributed by atoms with E-state index in [1.807, 2.05) is 0 Å². The van der Waals surface area contributed by atoms with Gasteiger partial charge >= 0.3 is 0 Å². The first-order valence-electron chi connectivity index (χ1n) is 12.7. The summed E-state index contributed by atoms with van der Waals surface area (Å²) in [6, 6.07) is -0.522. The number of hydrogen-bond donors (Lipinski definition) is 3. The molecule has 0 spiro atoms. The van der Waals surface area contributed by atoms with Gasteiger partial charge in [-0.05, 0) is 12.8 Å². The van der Waals surface area contributed by atoms with E-state index in [1.165, 1.54) is 83.5 Å². The molecule has 1 amide bonds. The normalized spacial score (nSPS) is 13.4. The second-order valence-electron chi connectivity index (χ2n) is 8.77. The number of hydrogen-bond acceptors (Lipinski definition) is 3. The molecule has 0 aliphatic heterocycles. The summed E-state index contributed by atoms with van der Waals surface area (Å²) in [4.78, 5) is 12.1. The molecule has 4 nitrogen and oxygen atoms in total. The quantitative estimate of drug-likeness (QED) is 0.183. The summed E-state index contributed by atoms with van der Waals surface area (Å²) in [5, 5.41) is 22.5. The molecule has 0 aliphatic carbocycles. The molecule has 3 N–H and O–H groups in total. The lowest BCUT2D eigenvalue weighted by atomic mass is 10.0. The van der Waals surface area contributed by atoms with Crippen LogP contribution in [0.1, 0.15) is 136 Å². The Labute approximate surface area is 181 Å². The number of carbonyl (C=O) groups is 1. The van der Waals surface area contributed by atoms with Crippen molar-refractivity contribution in [2.45, 2.75) is 148 Å². The molecule has 0 heterocycles. The Morgan fingerprint density at radius 1 is 0.690 bits per heavy atom. The Hall–Kier alpha value is -0.610. The van der Waals surface area contributed by atoms with E-state index >= 15 is 0 Å². The highest BCUT2D eigenvalue weighted by Crippen LogP contribution is 2.13. The van der Waals surface area contributed by atoms with Gasteiger partial charge in [0.1, 0.15) is 0 Å². The van der Waals surface area contributed by atoms with Crippen LogP contribution in [0.3, 0.4) is 0 Å².